The first-order chi connectivity index (χ1) is 10.5. The summed E-state index contributed by atoms with van der Waals surface area (Å²) in [6.45, 7) is 4.27. The molecule has 1 fully saturated rings. The van der Waals surface area contributed by atoms with Gasteiger partial charge in [0.1, 0.15) is 5.56 Å². The molecule has 1 aromatic heterocycles. The summed E-state index contributed by atoms with van der Waals surface area (Å²) in [5, 5.41) is 9.14. The second kappa shape index (κ2) is 5.44. The average molecular weight is 297 g/mol. The molecule has 2 aromatic rings. The van der Waals surface area contributed by atoms with Crippen molar-refractivity contribution in [3.8, 4) is 11.3 Å². The molecule has 1 aromatic carbocycles. The van der Waals surface area contributed by atoms with Crippen molar-refractivity contribution in [2.24, 2.45) is 0 Å². The zero-order chi connectivity index (χ0) is 15.9. The van der Waals surface area contributed by atoms with Gasteiger partial charge in [-0.3, -0.25) is 4.79 Å². The number of rotatable bonds is 4. The standard InChI is InChI=1S/C18H19NO3/c1-11(2)12-3-5-13(6-4-12)16-10-9-15(18(21)22)17(20)19(16)14-7-8-14/h3-6,9-11,14H,7-8H2,1-2H3,(H,21,22). The van der Waals surface area contributed by atoms with Crippen molar-refractivity contribution in [2.45, 2.75) is 38.6 Å². The number of carboxylic acid groups (broad SMARTS) is 1. The Balaban J connectivity index is 2.12. The van der Waals surface area contributed by atoms with E-state index in [1.165, 1.54) is 11.6 Å². The summed E-state index contributed by atoms with van der Waals surface area (Å²) in [5.74, 6) is -0.713. The number of pyridine rings is 1. The van der Waals surface area contributed by atoms with Gasteiger partial charge >= 0.3 is 5.97 Å². The molecule has 0 unspecified atom stereocenters. The van der Waals surface area contributed by atoms with Gasteiger partial charge in [0.25, 0.3) is 5.56 Å². The summed E-state index contributed by atoms with van der Waals surface area (Å²) in [6, 6.07) is 11.4. The molecule has 3 rings (SSSR count). The molecular weight excluding hydrogens is 278 g/mol. The Kier molecular flexibility index (Phi) is 3.61. The van der Waals surface area contributed by atoms with Gasteiger partial charge in [0.2, 0.25) is 0 Å². The second-order valence-corrected chi connectivity index (χ2v) is 6.12. The zero-order valence-electron chi connectivity index (χ0n) is 12.7. The molecule has 0 radical (unpaired) electrons. The summed E-state index contributed by atoms with van der Waals surface area (Å²) in [7, 11) is 0. The van der Waals surface area contributed by atoms with Gasteiger partial charge < -0.3 is 9.67 Å². The van der Waals surface area contributed by atoms with E-state index in [-0.39, 0.29) is 11.6 Å². The molecule has 0 saturated heterocycles. The van der Waals surface area contributed by atoms with E-state index in [4.69, 9.17) is 5.11 Å². The molecule has 4 heteroatoms. The molecule has 0 amide bonds. The first-order valence-electron chi connectivity index (χ1n) is 7.58. The van der Waals surface area contributed by atoms with E-state index >= 15 is 0 Å². The van der Waals surface area contributed by atoms with Crippen LogP contribution in [0.4, 0.5) is 0 Å². The molecule has 0 atom stereocenters. The highest BCUT2D eigenvalue weighted by atomic mass is 16.4. The molecule has 1 N–H and O–H groups in total. The summed E-state index contributed by atoms with van der Waals surface area (Å²) in [6.07, 6.45) is 1.86. The highest BCUT2D eigenvalue weighted by Crippen LogP contribution is 2.37. The van der Waals surface area contributed by atoms with Crippen molar-refractivity contribution < 1.29 is 9.90 Å². The van der Waals surface area contributed by atoms with Crippen LogP contribution in [0.1, 0.15) is 54.6 Å². The van der Waals surface area contributed by atoms with Crippen LogP contribution in [0.3, 0.4) is 0 Å². The summed E-state index contributed by atoms with van der Waals surface area (Å²) < 4.78 is 1.65. The SMILES string of the molecule is CC(C)c1ccc(-c2ccc(C(=O)O)c(=O)n2C2CC2)cc1. The summed E-state index contributed by atoms with van der Waals surface area (Å²) in [4.78, 5) is 23.6. The fraction of sp³-hybridized carbons (Fsp3) is 0.333. The molecule has 1 aliphatic rings. The van der Waals surface area contributed by atoms with Gasteiger partial charge in [-0.2, -0.15) is 0 Å². The van der Waals surface area contributed by atoms with Crippen LogP contribution in [0.15, 0.2) is 41.2 Å². The van der Waals surface area contributed by atoms with Crippen LogP contribution in [-0.4, -0.2) is 15.6 Å². The number of nitrogens with zero attached hydrogens (tertiary/aromatic N) is 1. The van der Waals surface area contributed by atoms with Gasteiger partial charge in [0.05, 0.1) is 5.69 Å². The zero-order valence-corrected chi connectivity index (χ0v) is 12.7. The fourth-order valence-electron chi connectivity index (χ4n) is 2.69. The van der Waals surface area contributed by atoms with Gasteiger partial charge in [-0.15, -0.1) is 0 Å². The quantitative estimate of drug-likeness (QED) is 0.936. The predicted molar refractivity (Wildman–Crippen MR) is 85.5 cm³/mol. The van der Waals surface area contributed by atoms with Crippen molar-refractivity contribution in [3.63, 3.8) is 0 Å². The van der Waals surface area contributed by atoms with Crippen LogP contribution in [0.25, 0.3) is 11.3 Å². The maximum Gasteiger partial charge on any atom is 0.341 e. The van der Waals surface area contributed by atoms with Crippen LogP contribution < -0.4 is 5.56 Å². The van der Waals surface area contributed by atoms with E-state index in [2.05, 4.69) is 26.0 Å². The highest BCUT2D eigenvalue weighted by molar-refractivity contribution is 5.87. The van der Waals surface area contributed by atoms with Crippen molar-refractivity contribution in [1.82, 2.24) is 4.57 Å². The van der Waals surface area contributed by atoms with E-state index in [1.54, 1.807) is 10.6 Å². The molecule has 0 aliphatic heterocycles. The van der Waals surface area contributed by atoms with Crippen molar-refractivity contribution in [2.75, 3.05) is 0 Å². The van der Waals surface area contributed by atoms with Crippen LogP contribution >= 0.6 is 0 Å². The third kappa shape index (κ3) is 2.56. The predicted octanol–water partition coefficient (Wildman–Crippen LogP) is 3.67. The Morgan fingerprint density at radius 1 is 1.14 bits per heavy atom. The lowest BCUT2D eigenvalue weighted by Crippen LogP contribution is -2.26. The van der Waals surface area contributed by atoms with Crippen molar-refractivity contribution >= 4 is 5.97 Å². The highest BCUT2D eigenvalue weighted by Gasteiger charge is 2.29. The van der Waals surface area contributed by atoms with Gasteiger partial charge in [0, 0.05) is 6.04 Å². The molecule has 4 nitrogen and oxygen atoms in total. The normalized spacial score (nSPS) is 14.3. The summed E-state index contributed by atoms with van der Waals surface area (Å²) >= 11 is 0. The molecule has 1 heterocycles. The molecule has 0 spiro atoms. The van der Waals surface area contributed by atoms with E-state index < -0.39 is 11.5 Å². The third-order valence-corrected chi connectivity index (χ3v) is 4.13. The number of hydrogen-bond donors (Lipinski definition) is 1. The van der Waals surface area contributed by atoms with Crippen LogP contribution in [0, 0.1) is 0 Å². The Hall–Kier alpha value is -2.36. The minimum Gasteiger partial charge on any atom is -0.477 e. The largest absolute Gasteiger partial charge is 0.477 e. The molecule has 1 saturated carbocycles. The Morgan fingerprint density at radius 2 is 1.77 bits per heavy atom. The van der Waals surface area contributed by atoms with Gasteiger partial charge in [-0.05, 0) is 42.0 Å². The van der Waals surface area contributed by atoms with Crippen molar-refractivity contribution in [3.05, 3.63) is 57.9 Å². The Morgan fingerprint density at radius 3 is 2.27 bits per heavy atom. The Bertz CT molecular complexity index is 768. The Labute approximate surface area is 129 Å². The monoisotopic (exact) mass is 297 g/mol. The van der Waals surface area contributed by atoms with Crippen LogP contribution in [-0.2, 0) is 0 Å². The van der Waals surface area contributed by atoms with E-state index in [1.807, 2.05) is 12.1 Å². The minimum absolute atomic E-state index is 0.131. The minimum atomic E-state index is -1.17. The van der Waals surface area contributed by atoms with Crippen LogP contribution in [0.5, 0.6) is 0 Å². The van der Waals surface area contributed by atoms with Crippen molar-refractivity contribution in [1.29, 1.82) is 0 Å². The number of aromatic nitrogens is 1. The van der Waals surface area contributed by atoms with E-state index in [0.29, 0.717) is 5.92 Å². The number of carboxylic acids is 1. The van der Waals surface area contributed by atoms with Gasteiger partial charge in [-0.25, -0.2) is 4.79 Å². The second-order valence-electron chi connectivity index (χ2n) is 6.12. The maximum absolute atomic E-state index is 12.4. The third-order valence-electron chi connectivity index (χ3n) is 4.13. The van der Waals surface area contributed by atoms with Gasteiger partial charge in [-0.1, -0.05) is 38.1 Å². The first-order valence-corrected chi connectivity index (χ1v) is 7.58. The number of benzene rings is 1. The molecule has 1 aliphatic carbocycles. The molecule has 0 bridgehead atoms. The number of aromatic carboxylic acids is 1. The lowest BCUT2D eigenvalue weighted by molar-refractivity contribution is 0.0694. The number of hydrogen-bond acceptors (Lipinski definition) is 2. The average Bonchev–Trinajstić information content (AvgIpc) is 3.31. The topological polar surface area (TPSA) is 59.3 Å². The van der Waals surface area contributed by atoms with Gasteiger partial charge in [0.15, 0.2) is 0 Å². The van der Waals surface area contributed by atoms with Crippen LogP contribution in [0.2, 0.25) is 0 Å². The molecule has 114 valence electrons. The lowest BCUT2D eigenvalue weighted by Gasteiger charge is -2.14. The molecule has 22 heavy (non-hydrogen) atoms. The maximum atomic E-state index is 12.4. The first kappa shape index (κ1) is 14.6. The fourth-order valence-corrected chi connectivity index (χ4v) is 2.69. The molecular formula is C18H19NO3. The van der Waals surface area contributed by atoms with E-state index in [0.717, 1.165) is 24.1 Å². The number of carbonyl (C=O) groups is 1. The smallest absolute Gasteiger partial charge is 0.341 e. The lowest BCUT2D eigenvalue weighted by atomic mass is 10.0. The summed E-state index contributed by atoms with van der Waals surface area (Å²) in [5.41, 5.74) is 2.43. The van der Waals surface area contributed by atoms with E-state index in [9.17, 15) is 9.59 Å².